The zero-order chi connectivity index (χ0) is 58.7. The van der Waals surface area contributed by atoms with Crippen molar-refractivity contribution in [1.82, 2.24) is 34.5 Å². The van der Waals surface area contributed by atoms with Gasteiger partial charge in [0.2, 0.25) is 11.2 Å². The minimum absolute atomic E-state index is 0.119. The highest BCUT2D eigenvalue weighted by molar-refractivity contribution is 7.25. The Hall–Kier alpha value is -11.4. The van der Waals surface area contributed by atoms with Crippen LogP contribution >= 0.6 is 22.9 Å². The molecule has 0 saturated carbocycles. The third-order valence-electron chi connectivity index (χ3n) is 17.1. The standard InChI is InChI=1S/C78H44ClN7O2S/c79-77-82-73(45-14-2-1-3-15-45)80-74(83-77)54-32-35-60-64-41-50(33-37-67(64)88-69(60)42-54)49-19-12-21-53(40-49)75-81-76(55-31-34-59-58-23-5-8-28-66(58)87-68(59)43-55)85-78(84-75)86-65-27-7-4-22-57(65)63-26-13-25-56(72(63)86)52-20-11-18-48(39-52)46-16-10-17-47(38-46)51-30-36-62-61-24-6-9-29-70(61)89-71(62)44-51/h1-44H. The van der Waals surface area contributed by atoms with Crippen molar-refractivity contribution < 1.29 is 8.83 Å². The summed E-state index contributed by atoms with van der Waals surface area (Å²) in [4.78, 5) is 30.0. The molecule has 9 nitrogen and oxygen atoms in total. The largest absolute Gasteiger partial charge is 0.456 e. The van der Waals surface area contributed by atoms with Crippen molar-refractivity contribution in [3.8, 4) is 96.0 Å². The topological polar surface area (TPSA) is 109 Å². The molecule has 0 amide bonds. The second-order valence-electron chi connectivity index (χ2n) is 22.3. The van der Waals surface area contributed by atoms with Gasteiger partial charge >= 0.3 is 0 Å². The molecule has 0 saturated heterocycles. The summed E-state index contributed by atoms with van der Waals surface area (Å²) in [6, 6.07) is 93.2. The number of hydrogen-bond donors (Lipinski definition) is 0. The molecule has 12 aromatic carbocycles. The number of halogens is 1. The van der Waals surface area contributed by atoms with Crippen LogP contribution in [-0.4, -0.2) is 34.5 Å². The maximum absolute atomic E-state index is 6.51. The molecule has 0 unspecified atom stereocenters. The summed E-state index contributed by atoms with van der Waals surface area (Å²) in [5.74, 6) is 2.47. The molecule has 0 spiro atoms. The Balaban J connectivity index is 0.759. The van der Waals surface area contributed by atoms with Crippen LogP contribution in [0.1, 0.15) is 0 Å². The average molecular weight is 1180 g/mol. The number of nitrogens with zero attached hydrogens (tertiary/aromatic N) is 7. The summed E-state index contributed by atoms with van der Waals surface area (Å²) >= 11 is 8.32. The second-order valence-corrected chi connectivity index (χ2v) is 23.8. The van der Waals surface area contributed by atoms with E-state index >= 15 is 0 Å². The van der Waals surface area contributed by atoms with E-state index in [1.165, 1.54) is 31.3 Å². The van der Waals surface area contributed by atoms with E-state index in [-0.39, 0.29) is 5.28 Å². The molecule has 18 rings (SSSR count). The van der Waals surface area contributed by atoms with Crippen LogP contribution in [0.4, 0.5) is 0 Å². The number of benzene rings is 12. The number of aromatic nitrogens is 7. The number of fused-ring (bicyclic) bond motifs is 12. The van der Waals surface area contributed by atoms with Gasteiger partial charge in [-0.25, -0.2) is 9.97 Å². The van der Waals surface area contributed by atoms with Gasteiger partial charge in [-0.3, -0.25) is 4.57 Å². The van der Waals surface area contributed by atoms with Crippen molar-refractivity contribution in [3.63, 3.8) is 0 Å². The number of thiophene rings is 1. The normalized spacial score (nSPS) is 11.9. The number of rotatable bonds is 9. The van der Waals surface area contributed by atoms with Gasteiger partial charge in [0.05, 0.1) is 11.0 Å². The highest BCUT2D eigenvalue weighted by atomic mass is 35.5. The Morgan fingerprint density at radius 1 is 0.281 bits per heavy atom. The molecule has 416 valence electrons. The van der Waals surface area contributed by atoms with E-state index in [9.17, 15) is 0 Å². The lowest BCUT2D eigenvalue weighted by Crippen LogP contribution is -2.07. The molecule has 0 aliphatic carbocycles. The molecule has 6 aromatic heterocycles. The van der Waals surface area contributed by atoms with Gasteiger partial charge in [-0.05, 0) is 129 Å². The van der Waals surface area contributed by atoms with E-state index in [0.29, 0.717) is 34.8 Å². The zero-order valence-corrected chi connectivity index (χ0v) is 48.7. The summed E-state index contributed by atoms with van der Waals surface area (Å²) in [6.07, 6.45) is 0. The van der Waals surface area contributed by atoms with E-state index in [1.54, 1.807) is 0 Å². The SMILES string of the molecule is Clc1nc(-c2ccccc2)nc(-c2ccc3c(c2)oc2ccc(-c4cccc(-c5nc(-c6ccc7c(c6)oc6ccccc67)nc(-n6c7ccccc7c7cccc(-c8cccc(-c9cccc(-c%10ccc%11c(c%10)sc%10ccccc%10%11)c9)c8)c76)n5)c4)cc23)n1. The first-order valence-electron chi connectivity index (χ1n) is 29.3. The summed E-state index contributed by atoms with van der Waals surface area (Å²) in [5.41, 5.74) is 17.0. The fraction of sp³-hybridized carbons (Fsp3) is 0. The summed E-state index contributed by atoms with van der Waals surface area (Å²) in [6.45, 7) is 0. The number of hydrogen-bond acceptors (Lipinski definition) is 9. The summed E-state index contributed by atoms with van der Waals surface area (Å²) < 4.78 is 17.8. The van der Waals surface area contributed by atoms with Crippen LogP contribution in [0.2, 0.25) is 5.28 Å². The maximum Gasteiger partial charge on any atom is 0.238 e. The molecule has 0 aliphatic heterocycles. The van der Waals surface area contributed by atoms with E-state index in [2.05, 4.69) is 209 Å². The number of furan rings is 2. The van der Waals surface area contributed by atoms with E-state index in [4.69, 9.17) is 40.4 Å². The first-order valence-corrected chi connectivity index (χ1v) is 30.5. The van der Waals surface area contributed by atoms with Crippen molar-refractivity contribution in [3.05, 3.63) is 272 Å². The molecule has 0 atom stereocenters. The lowest BCUT2D eigenvalue weighted by molar-refractivity contribution is 0.668. The zero-order valence-electron chi connectivity index (χ0n) is 47.1. The van der Waals surface area contributed by atoms with Crippen LogP contribution in [0, 0.1) is 0 Å². The fourth-order valence-corrected chi connectivity index (χ4v) is 14.1. The fourth-order valence-electron chi connectivity index (χ4n) is 12.8. The Bertz CT molecular complexity index is 5930. The van der Waals surface area contributed by atoms with E-state index in [0.717, 1.165) is 116 Å². The molecular weight excluding hydrogens is 1130 g/mol. The Labute approximate surface area is 517 Å². The van der Waals surface area contributed by atoms with Gasteiger partial charge in [0.15, 0.2) is 23.3 Å². The van der Waals surface area contributed by atoms with Crippen molar-refractivity contribution in [1.29, 1.82) is 0 Å². The quantitative estimate of drug-likeness (QED) is 0.141. The molecule has 6 heterocycles. The average Bonchev–Trinajstić information content (AvgIpc) is 1.76. The lowest BCUT2D eigenvalue weighted by Gasteiger charge is -2.14. The highest BCUT2D eigenvalue weighted by Crippen LogP contribution is 2.43. The predicted octanol–water partition coefficient (Wildman–Crippen LogP) is 21.3. The molecule has 89 heavy (non-hydrogen) atoms. The molecule has 0 N–H and O–H groups in total. The van der Waals surface area contributed by atoms with Gasteiger partial charge in [0.25, 0.3) is 0 Å². The van der Waals surface area contributed by atoms with Crippen LogP contribution in [-0.2, 0) is 0 Å². The smallest absolute Gasteiger partial charge is 0.238 e. The first kappa shape index (κ1) is 50.9. The van der Waals surface area contributed by atoms with Gasteiger partial charge in [-0.1, -0.05) is 188 Å². The molecule has 11 heteroatoms. The van der Waals surface area contributed by atoms with Crippen molar-refractivity contribution >= 4 is 109 Å². The molecule has 0 aliphatic rings. The van der Waals surface area contributed by atoms with Crippen LogP contribution < -0.4 is 0 Å². The Morgan fingerprint density at radius 2 is 0.742 bits per heavy atom. The minimum Gasteiger partial charge on any atom is -0.456 e. The van der Waals surface area contributed by atoms with Crippen LogP contribution in [0.25, 0.3) is 182 Å². The highest BCUT2D eigenvalue weighted by Gasteiger charge is 2.23. The van der Waals surface area contributed by atoms with Gasteiger partial charge in [0.1, 0.15) is 22.3 Å². The maximum atomic E-state index is 6.51. The van der Waals surface area contributed by atoms with Crippen LogP contribution in [0.3, 0.4) is 0 Å². The van der Waals surface area contributed by atoms with Gasteiger partial charge in [-0.15, -0.1) is 11.3 Å². The minimum atomic E-state index is 0.119. The Morgan fingerprint density at radius 3 is 1.48 bits per heavy atom. The summed E-state index contributed by atoms with van der Waals surface area (Å²) in [5, 5.41) is 8.89. The Kier molecular flexibility index (Phi) is 11.6. The second kappa shape index (κ2) is 20.4. The van der Waals surface area contributed by atoms with E-state index < -0.39 is 0 Å². The third kappa shape index (κ3) is 8.67. The van der Waals surface area contributed by atoms with Crippen molar-refractivity contribution in [2.45, 2.75) is 0 Å². The third-order valence-corrected chi connectivity index (χ3v) is 18.4. The monoisotopic (exact) mass is 1180 g/mol. The van der Waals surface area contributed by atoms with Crippen LogP contribution in [0.5, 0.6) is 0 Å². The molecule has 0 bridgehead atoms. The van der Waals surface area contributed by atoms with Crippen molar-refractivity contribution in [2.75, 3.05) is 0 Å². The molecule has 0 fully saturated rings. The van der Waals surface area contributed by atoms with Crippen LogP contribution in [0.15, 0.2) is 276 Å². The lowest BCUT2D eigenvalue weighted by atomic mass is 9.95. The first-order chi connectivity index (χ1) is 43.9. The molecular formula is C78H44ClN7O2S. The molecule has 18 aromatic rings. The predicted molar refractivity (Wildman–Crippen MR) is 363 cm³/mol. The summed E-state index contributed by atoms with van der Waals surface area (Å²) in [7, 11) is 0. The number of para-hydroxylation sites is 3. The van der Waals surface area contributed by atoms with Gasteiger partial charge in [0, 0.05) is 80.3 Å². The van der Waals surface area contributed by atoms with Crippen molar-refractivity contribution in [2.24, 2.45) is 0 Å². The van der Waals surface area contributed by atoms with E-state index in [1.807, 2.05) is 84.1 Å². The van der Waals surface area contributed by atoms with Gasteiger partial charge < -0.3 is 8.83 Å². The van der Waals surface area contributed by atoms with Gasteiger partial charge in [-0.2, -0.15) is 19.9 Å². The molecule has 0 radical (unpaired) electrons.